The molecule has 1 amide bonds. The van der Waals surface area contributed by atoms with E-state index in [1.807, 2.05) is 31.2 Å². The molecule has 0 unspecified atom stereocenters. The van der Waals surface area contributed by atoms with E-state index in [1.54, 1.807) is 12.4 Å². The van der Waals surface area contributed by atoms with E-state index in [1.165, 1.54) is 16.7 Å². The second-order valence-corrected chi connectivity index (χ2v) is 7.78. The van der Waals surface area contributed by atoms with Gasteiger partial charge in [-0.1, -0.05) is 50.2 Å². The van der Waals surface area contributed by atoms with Crippen molar-refractivity contribution >= 4 is 11.6 Å². The highest BCUT2D eigenvalue weighted by Crippen LogP contribution is 2.20. The molecule has 1 aromatic heterocycles. The fourth-order valence-electron chi connectivity index (χ4n) is 3.26. The molecule has 0 bridgehead atoms. The molecule has 0 aliphatic rings. The molecule has 0 aliphatic carbocycles. The first-order valence-electron chi connectivity index (χ1n) is 9.89. The van der Waals surface area contributed by atoms with Gasteiger partial charge in [0, 0.05) is 18.1 Å². The van der Waals surface area contributed by atoms with Crippen LogP contribution >= 0.6 is 0 Å². The second-order valence-electron chi connectivity index (χ2n) is 7.78. The molecule has 0 fully saturated rings. The Hall–Kier alpha value is -2.94. The number of hydrogen-bond donors (Lipinski definition) is 1. The van der Waals surface area contributed by atoms with Gasteiger partial charge in [-0.05, 0) is 72.2 Å². The molecule has 0 saturated carbocycles. The van der Waals surface area contributed by atoms with Crippen molar-refractivity contribution in [1.29, 1.82) is 0 Å². The quantitative estimate of drug-likeness (QED) is 0.585. The molecule has 3 aromatic rings. The molecule has 3 heteroatoms. The Balaban J connectivity index is 1.59. The summed E-state index contributed by atoms with van der Waals surface area (Å²) in [6.07, 6.45) is 5.53. The normalized spacial score (nSPS) is 12.0. The van der Waals surface area contributed by atoms with Crippen molar-refractivity contribution in [3.63, 3.8) is 0 Å². The lowest BCUT2D eigenvalue weighted by Gasteiger charge is -2.14. The minimum atomic E-state index is -0.190. The SMILES string of the molecule is CC(C)Cc1ccc([C@@H](C)C(=O)Nc2ccc(Cc3ccncc3)cc2)cc1. The maximum Gasteiger partial charge on any atom is 0.231 e. The summed E-state index contributed by atoms with van der Waals surface area (Å²) in [5.74, 6) is 0.455. The zero-order chi connectivity index (χ0) is 19.9. The molecular weight excluding hydrogens is 344 g/mol. The highest BCUT2D eigenvalue weighted by Gasteiger charge is 2.15. The number of amides is 1. The number of anilines is 1. The fourth-order valence-corrected chi connectivity index (χ4v) is 3.26. The van der Waals surface area contributed by atoms with Gasteiger partial charge in [-0.25, -0.2) is 0 Å². The van der Waals surface area contributed by atoms with Crippen LogP contribution < -0.4 is 5.32 Å². The molecule has 0 aliphatic heterocycles. The molecule has 1 N–H and O–H groups in total. The third-order valence-corrected chi connectivity index (χ3v) is 4.90. The van der Waals surface area contributed by atoms with E-state index in [-0.39, 0.29) is 11.8 Å². The van der Waals surface area contributed by atoms with Gasteiger partial charge in [0.05, 0.1) is 5.92 Å². The van der Waals surface area contributed by atoms with Crippen LogP contribution in [0.5, 0.6) is 0 Å². The topological polar surface area (TPSA) is 42.0 Å². The molecule has 28 heavy (non-hydrogen) atoms. The van der Waals surface area contributed by atoms with Crippen molar-refractivity contribution in [1.82, 2.24) is 4.98 Å². The summed E-state index contributed by atoms with van der Waals surface area (Å²) in [7, 11) is 0. The second kappa shape index (κ2) is 9.32. The Morgan fingerprint density at radius 1 is 0.821 bits per heavy atom. The maximum absolute atomic E-state index is 12.6. The van der Waals surface area contributed by atoms with Gasteiger partial charge < -0.3 is 5.32 Å². The average molecular weight is 373 g/mol. The lowest BCUT2D eigenvalue weighted by atomic mass is 9.96. The summed E-state index contributed by atoms with van der Waals surface area (Å²) in [5, 5.41) is 3.03. The highest BCUT2D eigenvalue weighted by atomic mass is 16.1. The number of hydrogen-bond acceptors (Lipinski definition) is 2. The van der Waals surface area contributed by atoms with E-state index in [0.717, 1.165) is 24.1 Å². The molecule has 2 aromatic carbocycles. The van der Waals surface area contributed by atoms with E-state index in [0.29, 0.717) is 5.92 Å². The monoisotopic (exact) mass is 372 g/mol. The Labute approximate surface area is 167 Å². The summed E-state index contributed by atoms with van der Waals surface area (Å²) >= 11 is 0. The molecule has 1 atom stereocenters. The number of benzene rings is 2. The number of aromatic nitrogens is 1. The van der Waals surface area contributed by atoms with Crippen molar-refractivity contribution in [2.45, 2.75) is 39.5 Å². The highest BCUT2D eigenvalue weighted by molar-refractivity contribution is 5.95. The maximum atomic E-state index is 12.6. The number of nitrogens with zero attached hydrogens (tertiary/aromatic N) is 1. The summed E-state index contributed by atoms with van der Waals surface area (Å²) in [6, 6.07) is 20.5. The standard InChI is InChI=1S/C25H28N2O/c1-18(2)16-20-4-8-23(9-5-20)19(3)25(28)27-24-10-6-21(7-11-24)17-22-12-14-26-15-13-22/h4-15,18-19H,16-17H2,1-3H3,(H,27,28)/t19-/m1/s1. The van der Waals surface area contributed by atoms with E-state index in [2.05, 4.69) is 60.5 Å². The smallest absolute Gasteiger partial charge is 0.231 e. The minimum Gasteiger partial charge on any atom is -0.326 e. The molecule has 3 nitrogen and oxygen atoms in total. The number of carbonyl (C=O) groups excluding carboxylic acids is 1. The predicted molar refractivity (Wildman–Crippen MR) is 116 cm³/mol. The molecule has 144 valence electrons. The largest absolute Gasteiger partial charge is 0.326 e. The van der Waals surface area contributed by atoms with Crippen LogP contribution in [0.1, 0.15) is 48.9 Å². The molecular formula is C25H28N2O. The van der Waals surface area contributed by atoms with Crippen LogP contribution in [0, 0.1) is 5.92 Å². The van der Waals surface area contributed by atoms with E-state index in [4.69, 9.17) is 0 Å². The van der Waals surface area contributed by atoms with Crippen LogP contribution in [0.3, 0.4) is 0 Å². The molecule has 1 heterocycles. The fraction of sp³-hybridized carbons (Fsp3) is 0.280. The van der Waals surface area contributed by atoms with Gasteiger partial charge in [0.15, 0.2) is 0 Å². The first kappa shape index (κ1) is 19.8. The van der Waals surface area contributed by atoms with Crippen molar-refractivity contribution < 1.29 is 4.79 Å². The Morgan fingerprint density at radius 3 is 2.00 bits per heavy atom. The van der Waals surface area contributed by atoms with Crippen LogP contribution in [0.25, 0.3) is 0 Å². The lowest BCUT2D eigenvalue weighted by molar-refractivity contribution is -0.117. The Morgan fingerprint density at radius 2 is 1.39 bits per heavy atom. The third kappa shape index (κ3) is 5.53. The van der Waals surface area contributed by atoms with Gasteiger partial charge in [-0.15, -0.1) is 0 Å². The number of nitrogens with one attached hydrogen (secondary N) is 1. The number of rotatable bonds is 7. The molecule has 3 rings (SSSR count). The minimum absolute atomic E-state index is 0.0125. The van der Waals surface area contributed by atoms with E-state index < -0.39 is 0 Å². The summed E-state index contributed by atoms with van der Waals surface area (Å²) in [6.45, 7) is 6.38. The van der Waals surface area contributed by atoms with Gasteiger partial charge in [0.25, 0.3) is 0 Å². The van der Waals surface area contributed by atoms with Gasteiger partial charge in [0.2, 0.25) is 5.91 Å². The van der Waals surface area contributed by atoms with Crippen molar-refractivity contribution in [2.75, 3.05) is 5.32 Å². The van der Waals surface area contributed by atoms with Crippen molar-refractivity contribution in [3.8, 4) is 0 Å². The first-order chi connectivity index (χ1) is 13.5. The number of pyridine rings is 1. The van der Waals surface area contributed by atoms with Gasteiger partial charge in [-0.2, -0.15) is 0 Å². The van der Waals surface area contributed by atoms with Gasteiger partial charge in [0.1, 0.15) is 0 Å². The van der Waals surface area contributed by atoms with Crippen LogP contribution in [0.2, 0.25) is 0 Å². The van der Waals surface area contributed by atoms with Crippen LogP contribution in [-0.4, -0.2) is 10.9 Å². The predicted octanol–water partition coefficient (Wildman–Crippen LogP) is 5.61. The summed E-state index contributed by atoms with van der Waals surface area (Å²) in [4.78, 5) is 16.7. The average Bonchev–Trinajstić information content (AvgIpc) is 2.70. The molecule has 0 spiro atoms. The zero-order valence-corrected chi connectivity index (χ0v) is 16.9. The first-order valence-corrected chi connectivity index (χ1v) is 9.89. The third-order valence-electron chi connectivity index (χ3n) is 4.90. The van der Waals surface area contributed by atoms with E-state index >= 15 is 0 Å². The Kier molecular flexibility index (Phi) is 6.59. The van der Waals surface area contributed by atoms with Crippen LogP contribution in [0.15, 0.2) is 73.1 Å². The number of carbonyl (C=O) groups is 1. The van der Waals surface area contributed by atoms with Crippen LogP contribution in [-0.2, 0) is 17.6 Å². The lowest BCUT2D eigenvalue weighted by Crippen LogP contribution is -2.18. The zero-order valence-electron chi connectivity index (χ0n) is 16.9. The molecule has 0 radical (unpaired) electrons. The molecule has 0 saturated heterocycles. The van der Waals surface area contributed by atoms with Crippen molar-refractivity contribution in [2.24, 2.45) is 5.92 Å². The van der Waals surface area contributed by atoms with Gasteiger partial charge >= 0.3 is 0 Å². The van der Waals surface area contributed by atoms with E-state index in [9.17, 15) is 4.79 Å². The Bertz CT molecular complexity index is 884. The van der Waals surface area contributed by atoms with Crippen LogP contribution in [0.4, 0.5) is 5.69 Å². The summed E-state index contributed by atoms with van der Waals surface area (Å²) < 4.78 is 0. The van der Waals surface area contributed by atoms with Gasteiger partial charge in [-0.3, -0.25) is 9.78 Å². The summed E-state index contributed by atoms with van der Waals surface area (Å²) in [5.41, 5.74) is 5.61. The van der Waals surface area contributed by atoms with Crippen molar-refractivity contribution in [3.05, 3.63) is 95.3 Å².